The molecule has 0 spiro atoms. The van der Waals surface area contributed by atoms with Crippen molar-refractivity contribution in [1.29, 1.82) is 0 Å². The van der Waals surface area contributed by atoms with Gasteiger partial charge in [-0.3, -0.25) is 0 Å². The lowest BCUT2D eigenvalue weighted by Gasteiger charge is -2.38. The quantitative estimate of drug-likeness (QED) is 0.251. The van der Waals surface area contributed by atoms with Gasteiger partial charge in [0.1, 0.15) is 5.83 Å². The first-order valence-corrected chi connectivity index (χ1v) is 14.5. The Morgan fingerprint density at radius 1 is 0.833 bits per heavy atom. The number of unbranched alkanes of at least 4 members (excludes halogenated alkanes) is 2. The lowest BCUT2D eigenvalue weighted by Crippen LogP contribution is -2.29. The third-order valence-corrected chi connectivity index (χ3v) is 9.28. The molecular weight excluding hydrogens is 464 g/mol. The van der Waals surface area contributed by atoms with Gasteiger partial charge in [-0.15, -0.1) is 0 Å². The van der Waals surface area contributed by atoms with E-state index in [4.69, 9.17) is 4.74 Å². The smallest absolute Gasteiger partial charge is 0.373 e. The van der Waals surface area contributed by atoms with E-state index in [2.05, 4.69) is 31.2 Å². The third-order valence-electron chi connectivity index (χ3n) is 9.28. The molecule has 1 saturated heterocycles. The van der Waals surface area contributed by atoms with Crippen molar-refractivity contribution >= 4 is 0 Å². The molecule has 0 aromatic heterocycles. The minimum Gasteiger partial charge on any atom is -0.373 e. The van der Waals surface area contributed by atoms with Gasteiger partial charge >= 0.3 is 6.18 Å². The second kappa shape index (κ2) is 12.9. The third kappa shape index (κ3) is 7.82. The molecule has 1 aromatic carbocycles. The van der Waals surface area contributed by atoms with E-state index in [0.717, 1.165) is 37.7 Å². The lowest BCUT2D eigenvalue weighted by molar-refractivity contribution is -0.0820. The Hall–Kier alpha value is -1.36. The van der Waals surface area contributed by atoms with Crippen molar-refractivity contribution in [2.24, 2.45) is 23.7 Å². The van der Waals surface area contributed by atoms with Crippen molar-refractivity contribution in [2.45, 2.75) is 115 Å². The molecule has 0 bridgehead atoms. The SMILES string of the molecule is CCCCCC1CCC(C2CCC(c3ccc(C4CCC(/C(F)=C/C(F)(F)F)CC4)cc3)OC2)CC1. The van der Waals surface area contributed by atoms with Gasteiger partial charge in [-0.25, -0.2) is 4.39 Å². The van der Waals surface area contributed by atoms with Crippen molar-refractivity contribution in [1.82, 2.24) is 0 Å². The van der Waals surface area contributed by atoms with Gasteiger partial charge in [0.05, 0.1) is 18.8 Å². The molecule has 2 atom stereocenters. The first kappa shape index (κ1) is 27.7. The maximum atomic E-state index is 13.9. The van der Waals surface area contributed by atoms with Crippen LogP contribution in [0.2, 0.25) is 0 Å². The highest BCUT2D eigenvalue weighted by molar-refractivity contribution is 5.27. The molecule has 1 aliphatic heterocycles. The average Bonchev–Trinajstić information content (AvgIpc) is 2.89. The Morgan fingerprint density at radius 2 is 1.47 bits per heavy atom. The summed E-state index contributed by atoms with van der Waals surface area (Å²) in [5, 5.41) is 0. The molecule has 36 heavy (non-hydrogen) atoms. The van der Waals surface area contributed by atoms with Crippen LogP contribution >= 0.6 is 0 Å². The van der Waals surface area contributed by atoms with Gasteiger partial charge in [0.25, 0.3) is 0 Å². The number of ether oxygens (including phenoxy) is 1. The van der Waals surface area contributed by atoms with Gasteiger partial charge in [-0.1, -0.05) is 69.7 Å². The zero-order chi connectivity index (χ0) is 25.5. The van der Waals surface area contributed by atoms with Crippen LogP contribution in [0.25, 0.3) is 0 Å². The summed E-state index contributed by atoms with van der Waals surface area (Å²) in [7, 11) is 0. The standard InChI is InChI=1S/C31H44F4O/c1-2-3-4-5-22-6-8-25(9-7-22)28-18-19-30(36-21-28)27-16-12-24(13-17-27)23-10-14-26(15-11-23)29(32)20-31(33,34)35/h12-13,16-17,20,22-23,25-26,28,30H,2-11,14-15,18-19,21H2,1H3/b29-20-. The van der Waals surface area contributed by atoms with Gasteiger partial charge in [0.2, 0.25) is 0 Å². The van der Waals surface area contributed by atoms with Crippen LogP contribution < -0.4 is 0 Å². The molecule has 0 N–H and O–H groups in total. The highest BCUT2D eigenvalue weighted by Gasteiger charge is 2.33. The number of hydrogen-bond acceptors (Lipinski definition) is 1. The second-order valence-electron chi connectivity index (χ2n) is 11.7. The zero-order valence-electron chi connectivity index (χ0n) is 21.9. The fourth-order valence-electron chi connectivity index (χ4n) is 7.00. The van der Waals surface area contributed by atoms with Crippen LogP contribution in [-0.4, -0.2) is 12.8 Å². The molecule has 3 fully saturated rings. The van der Waals surface area contributed by atoms with Crippen molar-refractivity contribution in [3.8, 4) is 0 Å². The minimum absolute atomic E-state index is 0.165. The lowest BCUT2D eigenvalue weighted by atomic mass is 9.72. The van der Waals surface area contributed by atoms with Gasteiger partial charge in [0, 0.05) is 5.92 Å². The van der Waals surface area contributed by atoms with Crippen molar-refractivity contribution in [2.75, 3.05) is 6.61 Å². The summed E-state index contributed by atoms with van der Waals surface area (Å²) in [5.41, 5.74) is 2.44. The Bertz CT molecular complexity index is 806. The molecule has 3 aliphatic rings. The largest absolute Gasteiger partial charge is 0.412 e. The van der Waals surface area contributed by atoms with Gasteiger partial charge in [-0.05, 0) is 86.2 Å². The van der Waals surface area contributed by atoms with Crippen LogP contribution in [0.15, 0.2) is 36.2 Å². The van der Waals surface area contributed by atoms with Crippen LogP contribution in [0, 0.1) is 23.7 Å². The predicted molar refractivity (Wildman–Crippen MR) is 137 cm³/mol. The summed E-state index contributed by atoms with van der Waals surface area (Å²) in [6.07, 6.45) is 11.2. The monoisotopic (exact) mass is 508 g/mol. The van der Waals surface area contributed by atoms with E-state index in [-0.39, 0.29) is 12.2 Å². The summed E-state index contributed by atoms with van der Waals surface area (Å²) in [5.74, 6) is 1.18. The fourth-order valence-corrected chi connectivity index (χ4v) is 7.00. The normalized spacial score (nSPS) is 32.4. The molecule has 5 heteroatoms. The van der Waals surface area contributed by atoms with Crippen LogP contribution in [0.3, 0.4) is 0 Å². The van der Waals surface area contributed by atoms with Crippen molar-refractivity contribution < 1.29 is 22.3 Å². The Kier molecular flexibility index (Phi) is 9.94. The molecule has 1 aromatic rings. The fraction of sp³-hybridized carbons (Fsp3) is 0.742. The average molecular weight is 509 g/mol. The number of allylic oxidation sites excluding steroid dienone is 2. The van der Waals surface area contributed by atoms with Gasteiger partial charge < -0.3 is 4.74 Å². The topological polar surface area (TPSA) is 9.23 Å². The number of benzene rings is 1. The van der Waals surface area contributed by atoms with E-state index in [0.29, 0.717) is 24.7 Å². The zero-order valence-corrected chi connectivity index (χ0v) is 21.9. The molecular formula is C31H44F4O. The van der Waals surface area contributed by atoms with E-state index < -0.39 is 17.9 Å². The summed E-state index contributed by atoms with van der Waals surface area (Å²) in [6.45, 7) is 3.15. The van der Waals surface area contributed by atoms with Gasteiger partial charge in [0.15, 0.2) is 0 Å². The molecule has 0 radical (unpaired) electrons. The Labute approximate surface area is 215 Å². The molecule has 2 aliphatic carbocycles. The van der Waals surface area contributed by atoms with Crippen LogP contribution in [0.1, 0.15) is 120 Å². The van der Waals surface area contributed by atoms with Crippen molar-refractivity contribution in [3.05, 3.63) is 47.3 Å². The van der Waals surface area contributed by atoms with E-state index in [1.807, 2.05) is 0 Å². The predicted octanol–water partition coefficient (Wildman–Crippen LogP) is 10.2. The Balaban J connectivity index is 1.20. The number of rotatable bonds is 8. The second-order valence-corrected chi connectivity index (χ2v) is 11.7. The Morgan fingerprint density at radius 3 is 2.06 bits per heavy atom. The highest BCUT2D eigenvalue weighted by Crippen LogP contribution is 2.43. The van der Waals surface area contributed by atoms with E-state index in [1.54, 1.807) is 0 Å². The highest BCUT2D eigenvalue weighted by atomic mass is 19.4. The molecule has 1 heterocycles. The first-order chi connectivity index (χ1) is 17.3. The van der Waals surface area contributed by atoms with Gasteiger partial charge in [-0.2, -0.15) is 13.2 Å². The maximum Gasteiger partial charge on any atom is 0.412 e. The summed E-state index contributed by atoms with van der Waals surface area (Å²) < 4.78 is 57.6. The number of hydrogen-bond donors (Lipinski definition) is 0. The van der Waals surface area contributed by atoms with Crippen LogP contribution in [0.5, 0.6) is 0 Å². The molecule has 1 nitrogen and oxygen atoms in total. The minimum atomic E-state index is -4.58. The molecule has 0 amide bonds. The maximum absolute atomic E-state index is 13.9. The molecule has 2 saturated carbocycles. The first-order valence-electron chi connectivity index (χ1n) is 14.5. The molecule has 2 unspecified atom stereocenters. The van der Waals surface area contributed by atoms with Crippen LogP contribution in [0.4, 0.5) is 17.6 Å². The van der Waals surface area contributed by atoms with E-state index in [1.165, 1.54) is 68.9 Å². The summed E-state index contributed by atoms with van der Waals surface area (Å²) >= 11 is 0. The number of alkyl halides is 3. The van der Waals surface area contributed by atoms with E-state index in [9.17, 15) is 17.6 Å². The van der Waals surface area contributed by atoms with Crippen molar-refractivity contribution in [3.63, 3.8) is 0 Å². The molecule has 202 valence electrons. The van der Waals surface area contributed by atoms with Crippen LogP contribution in [-0.2, 0) is 4.74 Å². The summed E-state index contributed by atoms with van der Waals surface area (Å²) in [6, 6.07) is 8.63. The molecule has 4 rings (SSSR count). The number of halogens is 4. The van der Waals surface area contributed by atoms with E-state index >= 15 is 0 Å². The summed E-state index contributed by atoms with van der Waals surface area (Å²) in [4.78, 5) is 0.